The van der Waals surface area contributed by atoms with Gasteiger partial charge in [0.25, 0.3) is 0 Å². The minimum absolute atomic E-state index is 0.0245. The summed E-state index contributed by atoms with van der Waals surface area (Å²) in [6, 6.07) is 5.41. The molecule has 0 aliphatic heterocycles. The largest absolute Gasteiger partial charge is 0.469 e. The fraction of sp³-hybridized carbons (Fsp3) is 0.529. The van der Waals surface area contributed by atoms with Gasteiger partial charge in [0.05, 0.1) is 19.6 Å². The van der Waals surface area contributed by atoms with E-state index in [9.17, 15) is 9.59 Å². The Morgan fingerprint density at radius 1 is 1.29 bits per heavy atom. The van der Waals surface area contributed by atoms with Crippen molar-refractivity contribution in [2.75, 3.05) is 13.7 Å². The Balaban J connectivity index is 2.14. The van der Waals surface area contributed by atoms with Gasteiger partial charge in [-0.15, -0.1) is 0 Å². The number of aryl methyl sites for hydroxylation is 2. The van der Waals surface area contributed by atoms with Crippen LogP contribution in [0.5, 0.6) is 0 Å². The highest BCUT2D eigenvalue weighted by atomic mass is 16.5. The molecule has 0 saturated heterocycles. The van der Waals surface area contributed by atoms with E-state index in [0.29, 0.717) is 12.1 Å². The average Bonchev–Trinajstić information content (AvgIpc) is 2.97. The van der Waals surface area contributed by atoms with E-state index in [2.05, 4.69) is 10.1 Å². The summed E-state index contributed by atoms with van der Waals surface area (Å²) in [4.78, 5) is 24.1. The Bertz CT molecular complexity index is 525. The van der Waals surface area contributed by atoms with Crippen molar-refractivity contribution < 1.29 is 14.3 Å². The van der Waals surface area contributed by atoms with Crippen LogP contribution in [0.1, 0.15) is 47.7 Å². The van der Waals surface area contributed by atoms with Crippen LogP contribution in [0.4, 0.5) is 0 Å². The molecule has 0 aromatic heterocycles. The number of carbonyl (C=O) groups excluding carboxylic acids is 2. The second-order valence-electron chi connectivity index (χ2n) is 5.49. The first-order chi connectivity index (χ1) is 10.2. The maximum absolute atomic E-state index is 12.6. The minimum atomic E-state index is -0.503. The molecule has 1 aromatic carbocycles. The van der Waals surface area contributed by atoms with Crippen LogP contribution in [-0.4, -0.2) is 31.4 Å². The lowest BCUT2D eigenvalue weighted by atomic mass is 9.98. The zero-order valence-electron chi connectivity index (χ0n) is 12.8. The Morgan fingerprint density at radius 2 is 2.05 bits per heavy atom. The molecule has 1 aromatic rings. The predicted octanol–water partition coefficient (Wildman–Crippen LogP) is 2.29. The highest BCUT2D eigenvalue weighted by Crippen LogP contribution is 2.23. The van der Waals surface area contributed by atoms with Crippen molar-refractivity contribution in [1.29, 1.82) is 0 Å². The fourth-order valence-corrected chi connectivity index (χ4v) is 2.75. The summed E-state index contributed by atoms with van der Waals surface area (Å²) in [5, 5.41) is 3.15. The molecule has 0 bridgehead atoms. The number of hydrogen-bond acceptors (Lipinski definition) is 4. The zero-order valence-corrected chi connectivity index (χ0v) is 12.8. The Hall–Kier alpha value is -1.68. The van der Waals surface area contributed by atoms with E-state index in [-0.39, 0.29) is 18.2 Å². The number of rotatable bonds is 7. The Kier molecular flexibility index (Phi) is 5.51. The van der Waals surface area contributed by atoms with Crippen LogP contribution < -0.4 is 5.32 Å². The summed E-state index contributed by atoms with van der Waals surface area (Å²) < 4.78 is 4.69. The number of ether oxygens (including phenoxy) is 1. The van der Waals surface area contributed by atoms with Crippen LogP contribution in [0, 0.1) is 0 Å². The van der Waals surface area contributed by atoms with Crippen molar-refractivity contribution in [3.05, 3.63) is 34.9 Å². The van der Waals surface area contributed by atoms with Crippen molar-refractivity contribution in [2.24, 2.45) is 0 Å². The highest BCUT2D eigenvalue weighted by molar-refractivity contribution is 6.02. The lowest BCUT2D eigenvalue weighted by Gasteiger charge is -2.16. The number of hydrogen-bond donors (Lipinski definition) is 1. The van der Waals surface area contributed by atoms with Gasteiger partial charge in [0, 0.05) is 5.56 Å². The average molecular weight is 289 g/mol. The molecule has 1 atom stereocenters. The molecule has 0 fully saturated rings. The van der Waals surface area contributed by atoms with E-state index in [4.69, 9.17) is 0 Å². The summed E-state index contributed by atoms with van der Waals surface area (Å²) in [6.45, 7) is 2.74. The maximum Gasteiger partial charge on any atom is 0.307 e. The number of fused-ring (bicyclic) bond motifs is 1. The molecule has 0 spiro atoms. The van der Waals surface area contributed by atoms with Crippen LogP contribution in [0.2, 0.25) is 0 Å². The van der Waals surface area contributed by atoms with Crippen molar-refractivity contribution in [3.8, 4) is 0 Å². The molecule has 4 heteroatoms. The van der Waals surface area contributed by atoms with Gasteiger partial charge in [0.2, 0.25) is 0 Å². The molecular formula is C17H23NO3. The fourth-order valence-electron chi connectivity index (χ4n) is 2.75. The second-order valence-corrected chi connectivity index (χ2v) is 5.49. The third-order valence-electron chi connectivity index (χ3n) is 3.94. The highest BCUT2D eigenvalue weighted by Gasteiger charge is 2.24. The molecule has 0 radical (unpaired) electrons. The molecule has 2 rings (SSSR count). The normalized spacial score (nSPS) is 14.6. The minimum Gasteiger partial charge on any atom is -0.469 e. The third-order valence-corrected chi connectivity index (χ3v) is 3.94. The van der Waals surface area contributed by atoms with Crippen LogP contribution in [0.3, 0.4) is 0 Å². The first-order valence-corrected chi connectivity index (χ1v) is 7.62. The number of esters is 1. The molecule has 0 saturated carbocycles. The molecule has 0 heterocycles. The summed E-state index contributed by atoms with van der Waals surface area (Å²) in [6.07, 6.45) is 4.29. The number of benzene rings is 1. The molecule has 4 nitrogen and oxygen atoms in total. The number of carbonyl (C=O) groups is 2. The van der Waals surface area contributed by atoms with Crippen molar-refractivity contribution in [2.45, 2.75) is 45.1 Å². The quantitative estimate of drug-likeness (QED) is 0.618. The first kappa shape index (κ1) is 15.7. The van der Waals surface area contributed by atoms with Gasteiger partial charge >= 0.3 is 5.97 Å². The summed E-state index contributed by atoms with van der Waals surface area (Å²) >= 11 is 0. The van der Waals surface area contributed by atoms with Crippen LogP contribution >= 0.6 is 0 Å². The molecule has 21 heavy (non-hydrogen) atoms. The summed E-state index contributed by atoms with van der Waals surface area (Å²) in [7, 11) is 1.35. The van der Waals surface area contributed by atoms with Crippen molar-refractivity contribution in [3.63, 3.8) is 0 Å². The van der Waals surface area contributed by atoms with E-state index in [1.165, 1.54) is 18.2 Å². The lowest BCUT2D eigenvalue weighted by Crippen LogP contribution is -2.39. The first-order valence-electron chi connectivity index (χ1n) is 7.62. The molecule has 1 unspecified atom stereocenters. The predicted molar refractivity (Wildman–Crippen MR) is 81.5 cm³/mol. The molecule has 1 aliphatic rings. The van der Waals surface area contributed by atoms with E-state index in [0.717, 1.165) is 25.7 Å². The molecule has 1 aliphatic carbocycles. The van der Waals surface area contributed by atoms with Crippen LogP contribution in [0.25, 0.3) is 0 Å². The van der Waals surface area contributed by atoms with Crippen molar-refractivity contribution >= 4 is 11.8 Å². The standard InChI is InChI=1S/C17H23NO3/c1-3-9-18-15(11-16(19)21-2)17(20)14-8-7-12-5-4-6-13(12)10-14/h7-8,10,15,18H,3-6,9,11H2,1-2H3. The van der Waals surface area contributed by atoms with Gasteiger partial charge in [-0.3, -0.25) is 9.59 Å². The number of nitrogens with one attached hydrogen (secondary N) is 1. The van der Waals surface area contributed by atoms with Gasteiger partial charge in [0.15, 0.2) is 5.78 Å². The summed E-state index contributed by atoms with van der Waals surface area (Å²) in [5.74, 6) is -0.387. The van der Waals surface area contributed by atoms with Gasteiger partial charge in [-0.05, 0) is 49.4 Å². The zero-order chi connectivity index (χ0) is 15.2. The molecular weight excluding hydrogens is 266 g/mol. The van der Waals surface area contributed by atoms with E-state index in [1.54, 1.807) is 0 Å². The monoisotopic (exact) mass is 289 g/mol. The third kappa shape index (κ3) is 3.91. The number of Topliss-reactive ketones (excluding diaryl/α,β-unsaturated/α-hetero) is 1. The SMILES string of the molecule is CCCNC(CC(=O)OC)C(=O)c1ccc2c(c1)CCC2. The smallest absolute Gasteiger partial charge is 0.307 e. The van der Waals surface area contributed by atoms with E-state index in [1.807, 2.05) is 25.1 Å². The van der Waals surface area contributed by atoms with Gasteiger partial charge in [-0.25, -0.2) is 0 Å². The van der Waals surface area contributed by atoms with E-state index < -0.39 is 6.04 Å². The summed E-state index contributed by atoms with van der Waals surface area (Å²) in [5.41, 5.74) is 3.30. The van der Waals surface area contributed by atoms with Crippen molar-refractivity contribution in [1.82, 2.24) is 5.32 Å². The Morgan fingerprint density at radius 3 is 2.76 bits per heavy atom. The van der Waals surface area contributed by atoms with Crippen LogP contribution in [-0.2, 0) is 22.4 Å². The van der Waals surface area contributed by atoms with Gasteiger partial charge in [0.1, 0.15) is 0 Å². The molecule has 1 N–H and O–H groups in total. The van der Waals surface area contributed by atoms with Gasteiger partial charge in [-0.2, -0.15) is 0 Å². The van der Waals surface area contributed by atoms with Gasteiger partial charge < -0.3 is 10.1 Å². The molecule has 114 valence electrons. The van der Waals surface area contributed by atoms with E-state index >= 15 is 0 Å². The lowest BCUT2D eigenvalue weighted by molar-refractivity contribution is -0.140. The maximum atomic E-state index is 12.6. The molecule has 0 amide bonds. The van der Waals surface area contributed by atoms with Gasteiger partial charge in [-0.1, -0.05) is 19.1 Å². The number of methoxy groups -OCH3 is 1. The second kappa shape index (κ2) is 7.36. The number of ketones is 1. The Labute approximate surface area is 125 Å². The van der Waals surface area contributed by atoms with Crippen LogP contribution in [0.15, 0.2) is 18.2 Å². The topological polar surface area (TPSA) is 55.4 Å².